The summed E-state index contributed by atoms with van der Waals surface area (Å²) in [6, 6.07) is 14.5. The van der Waals surface area contributed by atoms with Crippen LogP contribution in [0.4, 0.5) is 5.69 Å². The Labute approximate surface area is 125 Å². The van der Waals surface area contributed by atoms with Crippen molar-refractivity contribution < 1.29 is 4.79 Å². The van der Waals surface area contributed by atoms with Gasteiger partial charge in [0.05, 0.1) is 6.54 Å². The smallest absolute Gasteiger partial charge is 0.238 e. The molecule has 1 aliphatic rings. The molecule has 3 nitrogen and oxygen atoms in total. The molecule has 1 heterocycles. The van der Waals surface area contributed by atoms with E-state index in [1.165, 1.54) is 11.1 Å². The molecule has 0 aliphatic carbocycles. The second-order valence-corrected chi connectivity index (χ2v) is 5.78. The summed E-state index contributed by atoms with van der Waals surface area (Å²) in [5.41, 5.74) is 5.83. The van der Waals surface area contributed by atoms with E-state index in [9.17, 15) is 4.79 Å². The first kappa shape index (κ1) is 13.8. The zero-order chi connectivity index (χ0) is 14.8. The standard InChI is InChI=1S/C18H20N2O/c1-13-7-8-14(2)17(9-13)19-18(21)12-20-10-15-5-3-4-6-16(15)11-20/h3-9H,10-12H2,1-2H3,(H,19,21). The van der Waals surface area contributed by atoms with Gasteiger partial charge in [0.2, 0.25) is 5.91 Å². The minimum absolute atomic E-state index is 0.0523. The molecule has 0 fully saturated rings. The molecular formula is C18H20N2O. The van der Waals surface area contributed by atoms with Crippen molar-refractivity contribution >= 4 is 11.6 Å². The molecule has 0 spiro atoms. The van der Waals surface area contributed by atoms with Crippen molar-refractivity contribution in [3.8, 4) is 0 Å². The summed E-state index contributed by atoms with van der Waals surface area (Å²) < 4.78 is 0. The normalized spacial score (nSPS) is 14.0. The summed E-state index contributed by atoms with van der Waals surface area (Å²) in [4.78, 5) is 14.4. The predicted molar refractivity (Wildman–Crippen MR) is 85.1 cm³/mol. The molecule has 1 N–H and O–H groups in total. The molecule has 0 unspecified atom stereocenters. The second kappa shape index (κ2) is 5.70. The van der Waals surface area contributed by atoms with Crippen molar-refractivity contribution in [2.75, 3.05) is 11.9 Å². The van der Waals surface area contributed by atoms with Crippen LogP contribution in [0, 0.1) is 13.8 Å². The second-order valence-electron chi connectivity index (χ2n) is 5.78. The van der Waals surface area contributed by atoms with E-state index in [4.69, 9.17) is 0 Å². The molecule has 21 heavy (non-hydrogen) atoms. The third-order valence-electron chi connectivity index (χ3n) is 3.94. The van der Waals surface area contributed by atoms with Crippen LogP contribution in [-0.4, -0.2) is 17.4 Å². The zero-order valence-electron chi connectivity index (χ0n) is 12.5. The number of nitrogens with one attached hydrogen (secondary N) is 1. The first-order chi connectivity index (χ1) is 10.1. The average molecular weight is 280 g/mol. The van der Waals surface area contributed by atoms with Gasteiger partial charge in [0, 0.05) is 18.8 Å². The van der Waals surface area contributed by atoms with Crippen LogP contribution in [0.5, 0.6) is 0 Å². The lowest BCUT2D eigenvalue weighted by Gasteiger charge is -2.15. The minimum Gasteiger partial charge on any atom is -0.325 e. The highest BCUT2D eigenvalue weighted by Gasteiger charge is 2.20. The average Bonchev–Trinajstić information content (AvgIpc) is 2.84. The number of aryl methyl sites for hydroxylation is 2. The van der Waals surface area contributed by atoms with E-state index >= 15 is 0 Å². The summed E-state index contributed by atoms with van der Waals surface area (Å²) in [7, 11) is 0. The van der Waals surface area contributed by atoms with Crippen molar-refractivity contribution in [1.82, 2.24) is 4.90 Å². The molecule has 0 bridgehead atoms. The quantitative estimate of drug-likeness (QED) is 0.936. The van der Waals surface area contributed by atoms with E-state index in [0.717, 1.165) is 29.9 Å². The molecule has 2 aromatic carbocycles. The molecule has 3 heteroatoms. The monoisotopic (exact) mass is 280 g/mol. The van der Waals surface area contributed by atoms with E-state index in [0.29, 0.717) is 6.54 Å². The third kappa shape index (κ3) is 3.14. The highest BCUT2D eigenvalue weighted by molar-refractivity contribution is 5.93. The number of amides is 1. The first-order valence-corrected chi connectivity index (χ1v) is 7.28. The predicted octanol–water partition coefficient (Wildman–Crippen LogP) is 3.26. The molecule has 1 aliphatic heterocycles. The van der Waals surface area contributed by atoms with Crippen LogP contribution in [0.3, 0.4) is 0 Å². The van der Waals surface area contributed by atoms with E-state index in [1.54, 1.807) is 0 Å². The Balaban J connectivity index is 1.62. The Bertz CT molecular complexity index is 654. The fraction of sp³-hybridized carbons (Fsp3) is 0.278. The molecule has 0 radical (unpaired) electrons. The van der Waals surface area contributed by atoms with Crippen LogP contribution in [0.25, 0.3) is 0 Å². The number of benzene rings is 2. The third-order valence-corrected chi connectivity index (χ3v) is 3.94. The lowest BCUT2D eigenvalue weighted by molar-refractivity contribution is -0.117. The molecule has 0 aromatic heterocycles. The SMILES string of the molecule is Cc1ccc(C)c(NC(=O)CN2Cc3ccccc3C2)c1. The Hall–Kier alpha value is -2.13. The van der Waals surface area contributed by atoms with Crippen LogP contribution in [0.2, 0.25) is 0 Å². The van der Waals surface area contributed by atoms with Gasteiger partial charge in [0.15, 0.2) is 0 Å². The Kier molecular flexibility index (Phi) is 3.76. The van der Waals surface area contributed by atoms with Gasteiger partial charge in [0.1, 0.15) is 0 Å². The van der Waals surface area contributed by atoms with E-state index in [-0.39, 0.29) is 5.91 Å². The lowest BCUT2D eigenvalue weighted by Crippen LogP contribution is -2.29. The number of anilines is 1. The first-order valence-electron chi connectivity index (χ1n) is 7.28. The zero-order valence-corrected chi connectivity index (χ0v) is 12.5. The highest BCUT2D eigenvalue weighted by Crippen LogP contribution is 2.22. The van der Waals surface area contributed by atoms with Gasteiger partial charge < -0.3 is 5.32 Å². The highest BCUT2D eigenvalue weighted by atomic mass is 16.2. The van der Waals surface area contributed by atoms with Gasteiger partial charge in [-0.3, -0.25) is 9.69 Å². The van der Waals surface area contributed by atoms with Gasteiger partial charge in [-0.15, -0.1) is 0 Å². The summed E-state index contributed by atoms with van der Waals surface area (Å²) in [5, 5.41) is 3.02. The van der Waals surface area contributed by atoms with Gasteiger partial charge >= 0.3 is 0 Å². The molecule has 2 aromatic rings. The van der Waals surface area contributed by atoms with Gasteiger partial charge in [0.25, 0.3) is 0 Å². The van der Waals surface area contributed by atoms with Gasteiger partial charge in [-0.05, 0) is 42.2 Å². The van der Waals surface area contributed by atoms with Gasteiger partial charge in [-0.2, -0.15) is 0 Å². The van der Waals surface area contributed by atoms with E-state index in [2.05, 4.69) is 40.5 Å². The number of hydrogen-bond donors (Lipinski definition) is 1. The fourth-order valence-corrected chi connectivity index (χ4v) is 2.78. The molecule has 108 valence electrons. The van der Waals surface area contributed by atoms with Crippen LogP contribution < -0.4 is 5.32 Å². The summed E-state index contributed by atoms with van der Waals surface area (Å²) in [6.07, 6.45) is 0. The topological polar surface area (TPSA) is 32.3 Å². The van der Waals surface area contributed by atoms with Crippen molar-refractivity contribution in [2.24, 2.45) is 0 Å². The van der Waals surface area contributed by atoms with Crippen LogP contribution >= 0.6 is 0 Å². The molecule has 0 atom stereocenters. The lowest BCUT2D eigenvalue weighted by atomic mass is 10.1. The maximum absolute atomic E-state index is 12.2. The maximum atomic E-state index is 12.2. The minimum atomic E-state index is 0.0523. The van der Waals surface area contributed by atoms with Crippen molar-refractivity contribution in [1.29, 1.82) is 0 Å². The number of hydrogen-bond acceptors (Lipinski definition) is 2. The van der Waals surface area contributed by atoms with Crippen molar-refractivity contribution in [3.05, 3.63) is 64.7 Å². The molecule has 0 saturated heterocycles. The number of carbonyl (C=O) groups is 1. The van der Waals surface area contributed by atoms with E-state index < -0.39 is 0 Å². The molecular weight excluding hydrogens is 260 g/mol. The van der Waals surface area contributed by atoms with E-state index in [1.807, 2.05) is 26.0 Å². The van der Waals surface area contributed by atoms with Crippen LogP contribution in [0.1, 0.15) is 22.3 Å². The van der Waals surface area contributed by atoms with Gasteiger partial charge in [-0.25, -0.2) is 0 Å². The molecule has 0 saturated carbocycles. The summed E-state index contributed by atoms with van der Waals surface area (Å²) in [6.45, 7) is 6.20. The fourth-order valence-electron chi connectivity index (χ4n) is 2.78. The Morgan fingerprint density at radius 3 is 2.43 bits per heavy atom. The summed E-state index contributed by atoms with van der Waals surface area (Å²) >= 11 is 0. The number of carbonyl (C=O) groups excluding carboxylic acids is 1. The molecule has 1 amide bonds. The van der Waals surface area contributed by atoms with Crippen molar-refractivity contribution in [2.45, 2.75) is 26.9 Å². The van der Waals surface area contributed by atoms with Crippen molar-refractivity contribution in [3.63, 3.8) is 0 Å². The largest absolute Gasteiger partial charge is 0.325 e. The Morgan fingerprint density at radius 1 is 1.10 bits per heavy atom. The maximum Gasteiger partial charge on any atom is 0.238 e. The van der Waals surface area contributed by atoms with Crippen LogP contribution in [0.15, 0.2) is 42.5 Å². The number of nitrogens with zero attached hydrogens (tertiary/aromatic N) is 1. The Morgan fingerprint density at radius 2 is 1.76 bits per heavy atom. The molecule has 3 rings (SSSR count). The number of fused-ring (bicyclic) bond motifs is 1. The summed E-state index contributed by atoms with van der Waals surface area (Å²) in [5.74, 6) is 0.0523. The van der Waals surface area contributed by atoms with Gasteiger partial charge in [-0.1, -0.05) is 36.4 Å². The number of rotatable bonds is 3. The van der Waals surface area contributed by atoms with Crippen LogP contribution in [-0.2, 0) is 17.9 Å².